The van der Waals surface area contributed by atoms with Crippen LogP contribution in [0.5, 0.6) is 0 Å². The largest absolute Gasteiger partial charge is 1.00 e. The van der Waals surface area contributed by atoms with Crippen molar-refractivity contribution >= 4 is 0 Å². The maximum atomic E-state index is 3.28. The van der Waals surface area contributed by atoms with Crippen LogP contribution >= 0.6 is 0 Å². The van der Waals surface area contributed by atoms with Crippen LogP contribution < -0.4 is 43.1 Å². The molecule has 2 aromatic heterocycles. The molecule has 4 nitrogen and oxygen atoms in total. The number of aromatic nitrogens is 4. The first kappa shape index (κ1) is 25.1. The standard InChI is InChI=1S/C25H28N4.2BrH/c1-17-11-19(3)23(20(4)12-17)25(28-9-7-26-15-28,29-10-8-27-16-29)24-21(5)13-18(2)14-22(24)6;;/h7-16H,1-6H3;2*1H. The molecule has 2 heterocycles. The molecule has 0 saturated heterocycles. The first-order chi connectivity index (χ1) is 13.9. The van der Waals surface area contributed by atoms with Crippen LogP contribution in [0, 0.1) is 41.5 Å². The Bertz CT molecular complexity index is 1020. The molecule has 4 rings (SSSR count). The third-order valence-electron chi connectivity index (χ3n) is 5.89. The first-order valence-electron chi connectivity index (χ1n) is 10.1. The summed E-state index contributed by atoms with van der Waals surface area (Å²) >= 11 is 0. The van der Waals surface area contributed by atoms with Gasteiger partial charge in [0, 0.05) is 0 Å². The van der Waals surface area contributed by atoms with Crippen LogP contribution in [0.1, 0.15) is 44.5 Å². The van der Waals surface area contributed by atoms with Gasteiger partial charge < -0.3 is 34.0 Å². The van der Waals surface area contributed by atoms with E-state index in [0.29, 0.717) is 0 Å². The van der Waals surface area contributed by atoms with Crippen molar-refractivity contribution in [2.75, 3.05) is 0 Å². The number of aromatic amines is 2. The molecule has 0 amide bonds. The topological polar surface area (TPSA) is 39.3 Å². The van der Waals surface area contributed by atoms with Crippen molar-refractivity contribution in [3.05, 3.63) is 106 Å². The molecule has 4 aromatic rings. The van der Waals surface area contributed by atoms with Crippen molar-refractivity contribution in [1.82, 2.24) is 9.97 Å². The van der Waals surface area contributed by atoms with Gasteiger partial charge >= 0.3 is 5.66 Å². The predicted molar refractivity (Wildman–Crippen MR) is 115 cm³/mol. The summed E-state index contributed by atoms with van der Waals surface area (Å²) in [5, 5.41) is 0. The van der Waals surface area contributed by atoms with Gasteiger partial charge in [-0.05, 0) is 63.8 Å². The molecule has 6 heteroatoms. The monoisotopic (exact) mass is 544 g/mol. The quantitative estimate of drug-likeness (QED) is 0.281. The lowest BCUT2D eigenvalue weighted by Gasteiger charge is -2.33. The van der Waals surface area contributed by atoms with Crippen LogP contribution in [0.4, 0.5) is 0 Å². The molecule has 31 heavy (non-hydrogen) atoms. The lowest BCUT2D eigenvalue weighted by atomic mass is 9.79. The van der Waals surface area contributed by atoms with E-state index in [1.807, 2.05) is 12.4 Å². The highest BCUT2D eigenvalue weighted by atomic mass is 79.9. The van der Waals surface area contributed by atoms with Gasteiger partial charge in [0.2, 0.25) is 12.7 Å². The fourth-order valence-electron chi connectivity index (χ4n) is 5.22. The fraction of sp³-hybridized carbons (Fsp3) is 0.280. The van der Waals surface area contributed by atoms with Gasteiger partial charge in [-0.1, -0.05) is 35.4 Å². The van der Waals surface area contributed by atoms with Crippen molar-refractivity contribution in [3.8, 4) is 0 Å². The van der Waals surface area contributed by atoms with Gasteiger partial charge in [0.25, 0.3) is 0 Å². The van der Waals surface area contributed by atoms with E-state index >= 15 is 0 Å². The Labute approximate surface area is 205 Å². The van der Waals surface area contributed by atoms with E-state index < -0.39 is 5.66 Å². The molecule has 0 atom stereocenters. The lowest BCUT2D eigenvalue weighted by Crippen LogP contribution is -3.00. The summed E-state index contributed by atoms with van der Waals surface area (Å²) < 4.78 is 4.58. The van der Waals surface area contributed by atoms with Crippen molar-refractivity contribution in [1.29, 1.82) is 0 Å². The van der Waals surface area contributed by atoms with Crippen LogP contribution in [0.25, 0.3) is 0 Å². The van der Waals surface area contributed by atoms with Crippen molar-refractivity contribution in [3.63, 3.8) is 0 Å². The summed E-state index contributed by atoms with van der Waals surface area (Å²) in [6, 6.07) is 9.15. The van der Waals surface area contributed by atoms with Gasteiger partial charge in [-0.2, -0.15) is 9.13 Å². The maximum Gasteiger partial charge on any atom is 0.306 e. The Hall–Kier alpha value is -2.18. The van der Waals surface area contributed by atoms with Crippen LogP contribution in [0.15, 0.2) is 61.7 Å². The number of hydrogen-bond acceptors (Lipinski definition) is 0. The van der Waals surface area contributed by atoms with Gasteiger partial charge in [-0.15, -0.1) is 0 Å². The molecule has 0 aliphatic rings. The van der Waals surface area contributed by atoms with Crippen molar-refractivity contribution in [2.24, 2.45) is 0 Å². The van der Waals surface area contributed by atoms with Gasteiger partial charge in [0.1, 0.15) is 24.8 Å². The fourth-order valence-corrected chi connectivity index (χ4v) is 5.22. The summed E-state index contributed by atoms with van der Waals surface area (Å²) in [5.74, 6) is 0. The number of hydrogen-bond donors (Lipinski definition) is 2. The zero-order valence-electron chi connectivity index (χ0n) is 18.9. The molecule has 2 aromatic carbocycles. The smallest absolute Gasteiger partial charge is 0.306 e. The highest BCUT2D eigenvalue weighted by molar-refractivity contribution is 5.50. The minimum absolute atomic E-state index is 0. The van der Waals surface area contributed by atoms with Gasteiger partial charge in [-0.3, -0.25) is 9.97 Å². The van der Waals surface area contributed by atoms with Crippen molar-refractivity contribution < 1.29 is 43.1 Å². The third-order valence-corrected chi connectivity index (χ3v) is 5.89. The van der Waals surface area contributed by atoms with E-state index in [-0.39, 0.29) is 34.0 Å². The Kier molecular flexibility index (Phi) is 7.71. The van der Waals surface area contributed by atoms with E-state index in [9.17, 15) is 0 Å². The molecule has 0 aliphatic carbocycles. The minimum atomic E-state index is -0.552. The molecule has 0 unspecified atom stereocenters. The zero-order valence-corrected chi connectivity index (χ0v) is 22.1. The van der Waals surface area contributed by atoms with Crippen LogP contribution in [-0.2, 0) is 5.66 Å². The summed E-state index contributed by atoms with van der Waals surface area (Å²) in [7, 11) is 0. The number of imidazole rings is 2. The first-order valence-corrected chi connectivity index (χ1v) is 10.1. The van der Waals surface area contributed by atoms with Crippen LogP contribution in [-0.4, -0.2) is 9.97 Å². The minimum Gasteiger partial charge on any atom is -1.00 e. The van der Waals surface area contributed by atoms with E-state index in [0.717, 1.165) is 0 Å². The van der Waals surface area contributed by atoms with Crippen LogP contribution in [0.3, 0.4) is 0 Å². The second-order valence-electron chi connectivity index (χ2n) is 8.26. The molecule has 0 saturated carbocycles. The number of nitrogens with one attached hydrogen (secondary N) is 2. The number of H-pyrrole nitrogens is 2. The van der Waals surface area contributed by atoms with Crippen molar-refractivity contribution in [2.45, 2.75) is 47.2 Å². The molecule has 2 N–H and O–H groups in total. The summed E-state index contributed by atoms with van der Waals surface area (Å²) in [4.78, 5) is 6.55. The number of aryl methyl sites for hydroxylation is 6. The highest BCUT2D eigenvalue weighted by Gasteiger charge is 2.51. The Morgan fingerprint density at radius 3 is 1.16 bits per heavy atom. The zero-order chi connectivity index (χ0) is 20.8. The van der Waals surface area contributed by atoms with E-state index in [2.05, 4.69) is 110 Å². The Morgan fingerprint density at radius 2 is 0.903 bits per heavy atom. The number of nitrogens with zero attached hydrogens (tertiary/aromatic N) is 2. The van der Waals surface area contributed by atoms with Gasteiger partial charge in [-0.25, -0.2) is 0 Å². The van der Waals surface area contributed by atoms with E-state index in [1.165, 1.54) is 44.5 Å². The second-order valence-corrected chi connectivity index (χ2v) is 8.26. The average molecular weight is 546 g/mol. The van der Waals surface area contributed by atoms with E-state index in [1.54, 1.807) is 0 Å². The summed E-state index contributed by atoms with van der Waals surface area (Å²) in [5.41, 5.74) is 9.74. The highest BCUT2D eigenvalue weighted by Crippen LogP contribution is 2.36. The molecular weight excluding hydrogens is 516 g/mol. The molecule has 0 radical (unpaired) electrons. The predicted octanol–water partition coefficient (Wildman–Crippen LogP) is -1.93. The Balaban J connectivity index is 0.00000171. The molecule has 0 bridgehead atoms. The SMILES string of the molecule is Cc1cc(C)c(C(c2c(C)cc(C)cc2C)([n+]2cc[nH]c2)[n+]2cc[nH]c2)c(C)c1.[Br-].[Br-]. The van der Waals surface area contributed by atoms with Gasteiger partial charge in [0.15, 0.2) is 0 Å². The molecular formula is C25H30Br2N4. The second kappa shape index (κ2) is 9.53. The van der Waals surface area contributed by atoms with E-state index in [4.69, 9.17) is 0 Å². The number of halogens is 2. The number of rotatable bonds is 4. The molecule has 0 fully saturated rings. The lowest BCUT2D eigenvalue weighted by molar-refractivity contribution is -0.971. The van der Waals surface area contributed by atoms with Gasteiger partial charge in [0.05, 0.1) is 11.1 Å². The Morgan fingerprint density at radius 1 is 0.581 bits per heavy atom. The maximum absolute atomic E-state index is 3.28. The average Bonchev–Trinajstić information content (AvgIpc) is 3.33. The summed E-state index contributed by atoms with van der Waals surface area (Å²) in [6.07, 6.45) is 12.3. The molecule has 164 valence electrons. The normalized spacial score (nSPS) is 11.0. The molecule has 0 aliphatic heterocycles. The third kappa shape index (κ3) is 4.03. The summed E-state index contributed by atoms with van der Waals surface area (Å²) in [6.45, 7) is 13.2. The number of benzene rings is 2. The molecule has 0 spiro atoms. The van der Waals surface area contributed by atoms with Crippen LogP contribution in [0.2, 0.25) is 0 Å².